The number of nitrogens with one attached hydrogen (secondary N) is 3. The van der Waals surface area contributed by atoms with Crippen LogP contribution >= 0.6 is 0 Å². The highest BCUT2D eigenvalue weighted by atomic mass is 16.2. The number of nitrogens with zero attached hydrogens (tertiary/aromatic N) is 1. The highest BCUT2D eigenvalue weighted by molar-refractivity contribution is 5.84. The van der Waals surface area contributed by atoms with E-state index in [1.165, 1.54) is 5.56 Å². The first-order chi connectivity index (χ1) is 10.4. The van der Waals surface area contributed by atoms with E-state index in [4.69, 9.17) is 0 Å². The van der Waals surface area contributed by atoms with E-state index >= 15 is 0 Å². The monoisotopic (exact) mass is 304 g/mol. The van der Waals surface area contributed by atoms with Gasteiger partial charge in [-0.25, -0.2) is 0 Å². The average Bonchev–Trinajstić information content (AvgIpc) is 2.52. The summed E-state index contributed by atoms with van der Waals surface area (Å²) < 4.78 is 0. The molecule has 0 aromatic heterocycles. The van der Waals surface area contributed by atoms with Gasteiger partial charge in [0.25, 0.3) is 0 Å². The third kappa shape index (κ3) is 5.39. The molecule has 1 amide bonds. The first kappa shape index (κ1) is 18.0. The van der Waals surface area contributed by atoms with Crippen LogP contribution in [0, 0.1) is 5.41 Å². The number of aliphatic imine (C=N–C) groups is 1. The summed E-state index contributed by atoms with van der Waals surface area (Å²) >= 11 is 0. The lowest BCUT2D eigenvalue weighted by molar-refractivity contribution is -0.128. The second kappa shape index (κ2) is 8.41. The molecule has 0 bridgehead atoms. The molecule has 5 nitrogen and oxygen atoms in total. The lowest BCUT2D eigenvalue weighted by Crippen LogP contribution is -2.48. The van der Waals surface area contributed by atoms with Crippen LogP contribution in [0.25, 0.3) is 0 Å². The van der Waals surface area contributed by atoms with E-state index in [0.29, 0.717) is 19.0 Å². The van der Waals surface area contributed by atoms with Crippen LogP contribution in [-0.2, 0) is 4.79 Å². The Kier molecular flexibility index (Phi) is 6.89. The second-order valence-electron chi connectivity index (χ2n) is 5.95. The van der Waals surface area contributed by atoms with Gasteiger partial charge in [-0.2, -0.15) is 0 Å². The first-order valence-corrected chi connectivity index (χ1v) is 7.71. The van der Waals surface area contributed by atoms with Gasteiger partial charge in [-0.15, -0.1) is 0 Å². The molecule has 122 valence electrons. The zero-order valence-electron chi connectivity index (χ0n) is 14.2. The molecule has 0 aliphatic carbocycles. The quantitative estimate of drug-likeness (QED) is 0.557. The van der Waals surface area contributed by atoms with E-state index in [1.807, 2.05) is 39.0 Å². The summed E-state index contributed by atoms with van der Waals surface area (Å²) in [5.41, 5.74) is 0.692. The SMILES string of the molecule is CCNC(=O)C(C)(C)CNC(=NC)NC(C)c1ccccc1. The smallest absolute Gasteiger partial charge is 0.227 e. The Morgan fingerprint density at radius 3 is 2.41 bits per heavy atom. The molecule has 0 fully saturated rings. The summed E-state index contributed by atoms with van der Waals surface area (Å²) in [7, 11) is 1.73. The summed E-state index contributed by atoms with van der Waals surface area (Å²) in [5, 5.41) is 9.42. The summed E-state index contributed by atoms with van der Waals surface area (Å²) in [6, 6.07) is 10.3. The Labute approximate surface area is 133 Å². The van der Waals surface area contributed by atoms with Crippen LogP contribution in [-0.4, -0.2) is 32.0 Å². The molecule has 0 aliphatic rings. The number of carbonyl (C=O) groups is 1. The van der Waals surface area contributed by atoms with Gasteiger partial charge in [0.05, 0.1) is 11.5 Å². The molecule has 0 spiro atoms. The predicted octanol–water partition coefficient (Wildman–Crippen LogP) is 2.07. The Bertz CT molecular complexity index is 497. The summed E-state index contributed by atoms with van der Waals surface area (Å²) in [4.78, 5) is 16.2. The Hall–Kier alpha value is -2.04. The Balaban J connectivity index is 2.58. The Morgan fingerprint density at radius 2 is 1.86 bits per heavy atom. The molecule has 1 unspecified atom stereocenters. The predicted molar refractivity (Wildman–Crippen MR) is 91.8 cm³/mol. The molecular weight excluding hydrogens is 276 g/mol. The van der Waals surface area contributed by atoms with Gasteiger partial charge in [0.1, 0.15) is 0 Å². The molecule has 0 saturated heterocycles. The molecule has 1 aromatic carbocycles. The molecular formula is C17H28N4O. The minimum absolute atomic E-state index is 0.0362. The molecule has 1 aromatic rings. The number of guanidine groups is 1. The number of amides is 1. The van der Waals surface area contributed by atoms with Crippen LogP contribution < -0.4 is 16.0 Å². The molecule has 0 saturated carbocycles. The van der Waals surface area contributed by atoms with Crippen molar-refractivity contribution in [2.75, 3.05) is 20.1 Å². The van der Waals surface area contributed by atoms with Gasteiger partial charge < -0.3 is 16.0 Å². The number of rotatable bonds is 6. The molecule has 3 N–H and O–H groups in total. The zero-order chi connectivity index (χ0) is 16.6. The van der Waals surface area contributed by atoms with Crippen molar-refractivity contribution in [1.29, 1.82) is 0 Å². The minimum atomic E-state index is -0.496. The fraction of sp³-hybridized carbons (Fsp3) is 0.529. The van der Waals surface area contributed by atoms with Crippen molar-refractivity contribution in [2.45, 2.75) is 33.7 Å². The fourth-order valence-corrected chi connectivity index (χ4v) is 2.01. The third-order valence-corrected chi connectivity index (χ3v) is 3.53. The highest BCUT2D eigenvalue weighted by Gasteiger charge is 2.27. The lowest BCUT2D eigenvalue weighted by Gasteiger charge is -2.26. The Morgan fingerprint density at radius 1 is 1.23 bits per heavy atom. The molecule has 1 rings (SSSR count). The van der Waals surface area contributed by atoms with Crippen LogP contribution in [0.5, 0.6) is 0 Å². The van der Waals surface area contributed by atoms with E-state index in [1.54, 1.807) is 7.05 Å². The zero-order valence-corrected chi connectivity index (χ0v) is 14.2. The number of benzene rings is 1. The largest absolute Gasteiger partial charge is 0.356 e. The average molecular weight is 304 g/mol. The van der Waals surface area contributed by atoms with Crippen molar-refractivity contribution >= 4 is 11.9 Å². The molecule has 5 heteroatoms. The normalized spacial score (nSPS) is 13.4. The van der Waals surface area contributed by atoms with Crippen molar-refractivity contribution < 1.29 is 4.79 Å². The summed E-state index contributed by atoms with van der Waals surface area (Å²) in [6.45, 7) is 8.98. The minimum Gasteiger partial charge on any atom is -0.356 e. The van der Waals surface area contributed by atoms with Crippen LogP contribution in [0.2, 0.25) is 0 Å². The van der Waals surface area contributed by atoms with E-state index < -0.39 is 5.41 Å². The molecule has 0 heterocycles. The van der Waals surface area contributed by atoms with Gasteiger partial charge >= 0.3 is 0 Å². The number of hydrogen-bond donors (Lipinski definition) is 3. The van der Waals surface area contributed by atoms with Gasteiger partial charge in [0.2, 0.25) is 5.91 Å². The van der Waals surface area contributed by atoms with Gasteiger partial charge in [-0.3, -0.25) is 9.79 Å². The van der Waals surface area contributed by atoms with Gasteiger partial charge in [-0.1, -0.05) is 30.3 Å². The summed E-state index contributed by atoms with van der Waals surface area (Å²) in [6.07, 6.45) is 0. The molecule has 0 radical (unpaired) electrons. The van der Waals surface area contributed by atoms with Crippen molar-refractivity contribution in [3.05, 3.63) is 35.9 Å². The van der Waals surface area contributed by atoms with E-state index in [9.17, 15) is 4.79 Å². The highest BCUT2D eigenvalue weighted by Crippen LogP contribution is 2.14. The van der Waals surface area contributed by atoms with Gasteiger partial charge in [0.15, 0.2) is 5.96 Å². The molecule has 22 heavy (non-hydrogen) atoms. The topological polar surface area (TPSA) is 65.5 Å². The second-order valence-corrected chi connectivity index (χ2v) is 5.95. The van der Waals surface area contributed by atoms with Crippen LogP contribution in [0.3, 0.4) is 0 Å². The maximum absolute atomic E-state index is 12.0. The lowest BCUT2D eigenvalue weighted by atomic mass is 9.92. The van der Waals surface area contributed by atoms with Gasteiger partial charge in [0, 0.05) is 20.1 Å². The van der Waals surface area contributed by atoms with E-state index in [2.05, 4.69) is 40.0 Å². The van der Waals surface area contributed by atoms with Crippen LogP contribution in [0.4, 0.5) is 0 Å². The maximum Gasteiger partial charge on any atom is 0.227 e. The number of hydrogen-bond acceptors (Lipinski definition) is 2. The fourth-order valence-electron chi connectivity index (χ4n) is 2.01. The van der Waals surface area contributed by atoms with E-state index in [-0.39, 0.29) is 11.9 Å². The number of carbonyl (C=O) groups excluding carboxylic acids is 1. The van der Waals surface area contributed by atoms with Crippen LogP contribution in [0.15, 0.2) is 35.3 Å². The molecule has 1 atom stereocenters. The summed E-state index contributed by atoms with van der Waals surface area (Å²) in [5.74, 6) is 0.725. The van der Waals surface area contributed by atoms with Crippen molar-refractivity contribution in [3.63, 3.8) is 0 Å². The van der Waals surface area contributed by atoms with Crippen molar-refractivity contribution in [1.82, 2.24) is 16.0 Å². The van der Waals surface area contributed by atoms with Gasteiger partial charge in [-0.05, 0) is 33.3 Å². The van der Waals surface area contributed by atoms with E-state index in [0.717, 1.165) is 0 Å². The maximum atomic E-state index is 12.0. The molecule has 0 aliphatic heterocycles. The first-order valence-electron chi connectivity index (χ1n) is 7.71. The van der Waals surface area contributed by atoms with Crippen molar-refractivity contribution in [2.24, 2.45) is 10.4 Å². The standard InChI is InChI=1S/C17H28N4O/c1-6-19-15(22)17(3,4)12-20-16(18-5)21-13(2)14-10-8-7-9-11-14/h7-11,13H,6,12H2,1-5H3,(H,19,22)(H2,18,20,21). The third-order valence-electron chi connectivity index (χ3n) is 3.53. The van der Waals surface area contributed by atoms with Crippen LogP contribution in [0.1, 0.15) is 39.3 Å². The van der Waals surface area contributed by atoms with Crippen molar-refractivity contribution in [3.8, 4) is 0 Å².